The van der Waals surface area contributed by atoms with Crippen molar-refractivity contribution < 1.29 is 28.7 Å². The number of hydrogen-bond donors (Lipinski definition) is 3. The first kappa shape index (κ1) is 20.7. The molecule has 0 aromatic heterocycles. The minimum atomic E-state index is -1.46. The number of likely N-dealkylation sites (tertiary alicyclic amines) is 1. The van der Waals surface area contributed by atoms with Crippen LogP contribution in [0.15, 0.2) is 36.4 Å². The Bertz CT molecular complexity index is 1290. The van der Waals surface area contributed by atoms with Gasteiger partial charge in [-0.25, -0.2) is 0 Å². The molecule has 10 heteroatoms. The van der Waals surface area contributed by atoms with Crippen LogP contribution in [0.1, 0.15) is 23.1 Å². The van der Waals surface area contributed by atoms with Crippen molar-refractivity contribution in [2.24, 2.45) is 17.6 Å². The molecule has 1 spiro atoms. The molecule has 4 amide bonds. The number of nitrogens with zero attached hydrogens (tertiary/aromatic N) is 1. The SMILES string of the molecule is Cc1ccc2c(c1)C1(NC(CC(N)=O)C3C(=O)N(Cc4ccc5c(c4)OCO5)C(=O)C31)C(=O)N2. The molecule has 4 atom stereocenters. The van der Waals surface area contributed by atoms with Gasteiger partial charge in [0.2, 0.25) is 30.4 Å². The highest BCUT2D eigenvalue weighted by Gasteiger charge is 2.70. The van der Waals surface area contributed by atoms with Crippen molar-refractivity contribution in [3.8, 4) is 11.5 Å². The van der Waals surface area contributed by atoms with Crippen molar-refractivity contribution in [2.75, 3.05) is 12.1 Å². The fourth-order valence-electron chi connectivity index (χ4n) is 5.74. The summed E-state index contributed by atoms with van der Waals surface area (Å²) >= 11 is 0. The van der Waals surface area contributed by atoms with Crippen LogP contribution in [-0.2, 0) is 31.3 Å². The molecule has 34 heavy (non-hydrogen) atoms. The molecule has 0 radical (unpaired) electrons. The third-order valence-corrected chi connectivity index (χ3v) is 7.16. The average Bonchev–Trinajstić information content (AvgIpc) is 3.51. The zero-order valence-electron chi connectivity index (χ0n) is 18.3. The quantitative estimate of drug-likeness (QED) is 0.563. The number of aryl methyl sites for hydroxylation is 1. The first-order valence-electron chi connectivity index (χ1n) is 11.0. The second-order valence-corrected chi connectivity index (χ2v) is 9.19. The molecule has 2 fully saturated rings. The van der Waals surface area contributed by atoms with Crippen molar-refractivity contribution in [1.29, 1.82) is 0 Å². The van der Waals surface area contributed by atoms with Crippen LogP contribution in [0.25, 0.3) is 0 Å². The van der Waals surface area contributed by atoms with E-state index in [0.717, 1.165) is 5.56 Å². The number of carbonyl (C=O) groups excluding carboxylic acids is 4. The standard InChI is InChI=1S/C24H22N4O6/c1-11-2-4-14-13(6-11)24(23(32)26-14)20-19(15(27-24)8-18(25)29)21(30)28(22(20)31)9-12-3-5-16-17(7-12)34-10-33-16/h2-7,15,19-20,27H,8-10H2,1H3,(H2,25,29)(H,26,32). The van der Waals surface area contributed by atoms with E-state index in [2.05, 4.69) is 10.6 Å². The van der Waals surface area contributed by atoms with Gasteiger partial charge in [-0.05, 0) is 30.7 Å². The Kier molecular flexibility index (Phi) is 4.28. The van der Waals surface area contributed by atoms with E-state index in [1.165, 1.54) is 4.90 Å². The molecule has 2 saturated heterocycles. The molecule has 174 valence electrons. The molecule has 4 heterocycles. The molecule has 6 rings (SSSR count). The van der Waals surface area contributed by atoms with Crippen molar-refractivity contribution in [3.05, 3.63) is 53.1 Å². The molecule has 10 nitrogen and oxygen atoms in total. The lowest BCUT2D eigenvalue weighted by molar-refractivity contribution is -0.143. The zero-order valence-corrected chi connectivity index (χ0v) is 18.3. The fraction of sp³-hybridized carbons (Fsp3) is 0.333. The predicted molar refractivity (Wildman–Crippen MR) is 117 cm³/mol. The van der Waals surface area contributed by atoms with Crippen molar-refractivity contribution >= 4 is 29.3 Å². The summed E-state index contributed by atoms with van der Waals surface area (Å²) in [6.07, 6.45) is -0.172. The highest BCUT2D eigenvalue weighted by molar-refractivity contribution is 6.15. The third kappa shape index (κ3) is 2.72. The van der Waals surface area contributed by atoms with E-state index in [0.29, 0.717) is 28.3 Å². The van der Waals surface area contributed by atoms with Gasteiger partial charge in [-0.3, -0.25) is 29.4 Å². The minimum absolute atomic E-state index is 0.0168. The number of benzene rings is 2. The number of anilines is 1. The van der Waals surface area contributed by atoms with Crippen LogP contribution in [0.4, 0.5) is 5.69 Å². The molecular formula is C24H22N4O6. The number of fused-ring (bicyclic) bond motifs is 5. The largest absolute Gasteiger partial charge is 0.454 e. The van der Waals surface area contributed by atoms with Crippen molar-refractivity contribution in [1.82, 2.24) is 10.2 Å². The molecule has 0 aliphatic carbocycles. The Labute approximate surface area is 194 Å². The first-order valence-corrected chi connectivity index (χ1v) is 11.0. The molecule has 0 bridgehead atoms. The maximum Gasteiger partial charge on any atom is 0.250 e. The van der Waals surface area contributed by atoms with Crippen LogP contribution in [0.2, 0.25) is 0 Å². The van der Waals surface area contributed by atoms with Crippen LogP contribution < -0.4 is 25.8 Å². The van der Waals surface area contributed by atoms with Crippen LogP contribution in [0, 0.1) is 18.8 Å². The zero-order chi connectivity index (χ0) is 23.8. The summed E-state index contributed by atoms with van der Waals surface area (Å²) in [5, 5.41) is 6.04. The summed E-state index contributed by atoms with van der Waals surface area (Å²) in [5.41, 5.74) is 6.79. The van der Waals surface area contributed by atoms with Gasteiger partial charge >= 0.3 is 0 Å². The van der Waals surface area contributed by atoms with Gasteiger partial charge in [0.15, 0.2) is 11.5 Å². The second-order valence-electron chi connectivity index (χ2n) is 9.19. The average molecular weight is 462 g/mol. The van der Waals surface area contributed by atoms with Gasteiger partial charge in [-0.2, -0.15) is 0 Å². The maximum absolute atomic E-state index is 13.8. The lowest BCUT2D eigenvalue weighted by atomic mass is 9.76. The fourth-order valence-corrected chi connectivity index (χ4v) is 5.74. The van der Waals surface area contributed by atoms with E-state index in [1.807, 2.05) is 19.1 Å². The Morgan fingerprint density at radius 3 is 2.71 bits per heavy atom. The van der Waals surface area contributed by atoms with Crippen LogP contribution in [0.5, 0.6) is 11.5 Å². The molecule has 0 saturated carbocycles. The predicted octanol–water partition coefficient (Wildman–Crippen LogP) is 0.520. The summed E-state index contributed by atoms with van der Waals surface area (Å²) in [6, 6.07) is 9.94. The number of ether oxygens (including phenoxy) is 2. The van der Waals surface area contributed by atoms with Gasteiger partial charge in [-0.15, -0.1) is 0 Å². The number of nitrogens with one attached hydrogen (secondary N) is 2. The van der Waals surface area contributed by atoms with E-state index < -0.39 is 47.0 Å². The van der Waals surface area contributed by atoms with Crippen molar-refractivity contribution in [3.63, 3.8) is 0 Å². The van der Waals surface area contributed by atoms with Gasteiger partial charge in [0, 0.05) is 23.7 Å². The molecule has 4 N–H and O–H groups in total. The van der Waals surface area contributed by atoms with Gasteiger partial charge in [0.25, 0.3) is 0 Å². The smallest absolute Gasteiger partial charge is 0.250 e. The number of hydrogen-bond acceptors (Lipinski definition) is 7. The third-order valence-electron chi connectivity index (χ3n) is 7.16. The van der Waals surface area contributed by atoms with Gasteiger partial charge in [0.05, 0.1) is 18.4 Å². The normalized spacial score (nSPS) is 28.4. The summed E-state index contributed by atoms with van der Waals surface area (Å²) < 4.78 is 10.7. The summed E-state index contributed by atoms with van der Waals surface area (Å²) in [7, 11) is 0. The second kappa shape index (κ2) is 7.04. The van der Waals surface area contributed by atoms with Gasteiger partial charge < -0.3 is 20.5 Å². The molecule has 4 aliphatic heterocycles. The molecule has 2 aromatic rings. The molecule has 4 aliphatic rings. The van der Waals surface area contributed by atoms with Gasteiger partial charge in [-0.1, -0.05) is 23.8 Å². The maximum atomic E-state index is 13.8. The lowest BCUT2D eigenvalue weighted by Gasteiger charge is -2.29. The van der Waals surface area contributed by atoms with Crippen molar-refractivity contribution in [2.45, 2.75) is 31.5 Å². The van der Waals surface area contributed by atoms with Crippen LogP contribution in [0.3, 0.4) is 0 Å². The Morgan fingerprint density at radius 2 is 1.91 bits per heavy atom. The Balaban J connectivity index is 1.42. The topological polar surface area (TPSA) is 140 Å². The number of carbonyl (C=O) groups is 4. The van der Waals surface area contributed by atoms with E-state index in [-0.39, 0.29) is 19.8 Å². The molecule has 2 aromatic carbocycles. The number of amides is 4. The molecular weight excluding hydrogens is 440 g/mol. The number of rotatable bonds is 4. The first-order chi connectivity index (χ1) is 16.3. The Morgan fingerprint density at radius 1 is 1.12 bits per heavy atom. The van der Waals surface area contributed by atoms with E-state index in [4.69, 9.17) is 15.2 Å². The number of primary amides is 1. The van der Waals surface area contributed by atoms with E-state index in [1.54, 1.807) is 24.3 Å². The molecule has 4 unspecified atom stereocenters. The number of nitrogens with two attached hydrogens (primary N) is 1. The highest BCUT2D eigenvalue weighted by atomic mass is 16.7. The monoisotopic (exact) mass is 462 g/mol. The summed E-state index contributed by atoms with van der Waals surface area (Å²) in [5.74, 6) is -2.69. The summed E-state index contributed by atoms with van der Waals surface area (Å²) in [4.78, 5) is 53.8. The Hall–Kier alpha value is -3.92. The number of imide groups is 1. The summed E-state index contributed by atoms with van der Waals surface area (Å²) in [6.45, 7) is 2.02. The van der Waals surface area contributed by atoms with E-state index in [9.17, 15) is 19.2 Å². The van der Waals surface area contributed by atoms with Crippen LogP contribution in [-0.4, -0.2) is 41.4 Å². The van der Waals surface area contributed by atoms with Gasteiger partial charge in [0.1, 0.15) is 5.54 Å². The highest BCUT2D eigenvalue weighted by Crippen LogP contribution is 2.53. The lowest BCUT2D eigenvalue weighted by Crippen LogP contribution is -2.53. The minimum Gasteiger partial charge on any atom is -0.454 e. The van der Waals surface area contributed by atoms with Crippen LogP contribution >= 0.6 is 0 Å². The van der Waals surface area contributed by atoms with E-state index >= 15 is 0 Å².